The summed E-state index contributed by atoms with van der Waals surface area (Å²) in [5.74, 6) is 0. The predicted octanol–water partition coefficient (Wildman–Crippen LogP) is -6.00. The Morgan fingerprint density at radius 3 is 0.750 bits per heavy atom. The van der Waals surface area contributed by atoms with Crippen LogP contribution in [0.25, 0.3) is 0 Å². The van der Waals surface area contributed by atoms with Gasteiger partial charge in [-0.15, -0.1) is 0 Å². The molecule has 0 aliphatic heterocycles. The first-order valence-corrected chi connectivity index (χ1v) is 0. The summed E-state index contributed by atoms with van der Waals surface area (Å²) in [7, 11) is 0. The average molecular weight is 341 g/mol. The van der Waals surface area contributed by atoms with Gasteiger partial charge in [0.1, 0.15) is 0 Å². The summed E-state index contributed by atoms with van der Waals surface area (Å²) in [6.45, 7) is 0. The molecule has 0 aromatic carbocycles. The Bertz CT molecular complexity index is 6.00. The van der Waals surface area contributed by atoms with Crippen molar-refractivity contribution in [1.29, 1.82) is 0 Å². The summed E-state index contributed by atoms with van der Waals surface area (Å²) in [5, 5.41) is 0. The molecule has 0 atom stereocenters. The topological polar surface area (TPSA) is 0 Å². The van der Waals surface area contributed by atoms with Gasteiger partial charge in [-0.2, -0.15) is 0 Å². The van der Waals surface area contributed by atoms with Gasteiger partial charge >= 0.3 is 52.0 Å². The molecular formula is Cl2HfZr+6. The molecule has 16 valence electrons. The van der Waals surface area contributed by atoms with Gasteiger partial charge < -0.3 is 24.8 Å². The summed E-state index contributed by atoms with van der Waals surface area (Å²) in [6, 6.07) is 0. The van der Waals surface area contributed by atoms with Crippen LogP contribution in [-0.4, -0.2) is 0 Å². The van der Waals surface area contributed by atoms with E-state index in [1.165, 1.54) is 0 Å². The van der Waals surface area contributed by atoms with Crippen molar-refractivity contribution in [3.05, 3.63) is 0 Å². The molecule has 0 N–H and O–H groups in total. The first-order valence-electron chi connectivity index (χ1n) is 0. The van der Waals surface area contributed by atoms with E-state index >= 15 is 0 Å². The third-order valence-electron chi connectivity index (χ3n) is 0. The van der Waals surface area contributed by atoms with Crippen LogP contribution in [0.1, 0.15) is 0 Å². The molecule has 0 saturated heterocycles. The number of rotatable bonds is 0. The second-order valence-electron chi connectivity index (χ2n) is 0. The smallest absolute Gasteiger partial charge is 1.00 e. The van der Waals surface area contributed by atoms with Gasteiger partial charge in [-0.25, -0.2) is 0 Å². The van der Waals surface area contributed by atoms with E-state index in [2.05, 4.69) is 0 Å². The maximum Gasteiger partial charge on any atom is 4.00 e. The third kappa shape index (κ3) is 8.84. The monoisotopic (exact) mass is 340 g/mol. The van der Waals surface area contributed by atoms with Crippen LogP contribution in [-0.2, 0) is 52.0 Å². The van der Waals surface area contributed by atoms with E-state index < -0.39 is 0 Å². The SMILES string of the molecule is [Cl-].[Cl-].[Hf+4].[Zr+4]. The Morgan fingerprint density at radius 2 is 0.750 bits per heavy atom. The fourth-order valence-electron chi connectivity index (χ4n) is 0. The summed E-state index contributed by atoms with van der Waals surface area (Å²) < 4.78 is 0. The molecule has 4 heavy (non-hydrogen) atoms. The second-order valence-corrected chi connectivity index (χ2v) is 0. The molecule has 0 amide bonds. The van der Waals surface area contributed by atoms with Gasteiger partial charge in [0.25, 0.3) is 0 Å². The Labute approximate surface area is 75.8 Å². The Kier molecular flexibility index (Phi) is 152. The summed E-state index contributed by atoms with van der Waals surface area (Å²) >= 11 is 0. The molecule has 0 aromatic heterocycles. The van der Waals surface area contributed by atoms with E-state index in [9.17, 15) is 0 Å². The van der Waals surface area contributed by atoms with Gasteiger partial charge in [0.2, 0.25) is 0 Å². The average Bonchev–Trinajstić information content (AvgIpc) is 0. The molecule has 0 aliphatic carbocycles. The van der Waals surface area contributed by atoms with Crippen molar-refractivity contribution in [2.75, 3.05) is 0 Å². The quantitative estimate of drug-likeness (QED) is 0.385. The molecule has 0 aliphatic rings. The predicted molar refractivity (Wildman–Crippen MR) is 0 cm³/mol. The first kappa shape index (κ1) is 33.1. The Balaban J connectivity index is 0. The minimum Gasteiger partial charge on any atom is -1.00 e. The summed E-state index contributed by atoms with van der Waals surface area (Å²) in [6.07, 6.45) is 0. The van der Waals surface area contributed by atoms with Crippen molar-refractivity contribution >= 4 is 0 Å². The third-order valence-corrected chi connectivity index (χ3v) is 0. The van der Waals surface area contributed by atoms with E-state index in [-0.39, 0.29) is 76.9 Å². The molecule has 0 nitrogen and oxygen atoms in total. The molecule has 4 heteroatoms. The van der Waals surface area contributed by atoms with E-state index in [0.717, 1.165) is 0 Å². The first-order chi connectivity index (χ1) is 0. The normalized spacial score (nSPS) is 0. The molecule has 0 radical (unpaired) electrons. The van der Waals surface area contributed by atoms with Crippen LogP contribution in [0, 0.1) is 0 Å². The van der Waals surface area contributed by atoms with Crippen molar-refractivity contribution in [1.82, 2.24) is 0 Å². The molecule has 0 saturated carbocycles. The van der Waals surface area contributed by atoms with Crippen LogP contribution in [0.4, 0.5) is 0 Å². The van der Waals surface area contributed by atoms with Crippen LogP contribution >= 0.6 is 0 Å². The number of halogens is 2. The zero-order valence-corrected chi connectivity index (χ0v) is 9.32. The fraction of sp³-hybridized carbons (Fsp3) is 0. The van der Waals surface area contributed by atoms with Crippen molar-refractivity contribution in [2.24, 2.45) is 0 Å². The van der Waals surface area contributed by atoms with E-state index in [1.54, 1.807) is 0 Å². The summed E-state index contributed by atoms with van der Waals surface area (Å²) in [5.41, 5.74) is 0. The van der Waals surface area contributed by atoms with Crippen LogP contribution in [0.5, 0.6) is 0 Å². The molecule has 0 unspecified atom stereocenters. The van der Waals surface area contributed by atoms with Crippen LogP contribution < -0.4 is 24.8 Å². The zero-order chi connectivity index (χ0) is 0. The van der Waals surface area contributed by atoms with Gasteiger partial charge in [0.15, 0.2) is 0 Å². The Hall–Kier alpha value is 2.33. The van der Waals surface area contributed by atoms with E-state index in [0.29, 0.717) is 0 Å². The minimum absolute atomic E-state index is 0. The maximum absolute atomic E-state index is 0. The largest absolute Gasteiger partial charge is 4.00 e. The molecular weight excluding hydrogens is 341 g/mol. The maximum atomic E-state index is 0. The van der Waals surface area contributed by atoms with Crippen LogP contribution in [0.15, 0.2) is 0 Å². The molecule has 0 spiro atoms. The standard InChI is InChI=1S/2ClH.Hf.Zr/h2*1H;;/q;;2*+4/p-2. The zero-order valence-electron chi connectivity index (χ0n) is 1.76. The van der Waals surface area contributed by atoms with Gasteiger partial charge in [-0.3, -0.25) is 0 Å². The molecule has 0 fully saturated rings. The van der Waals surface area contributed by atoms with Crippen LogP contribution in [0.2, 0.25) is 0 Å². The van der Waals surface area contributed by atoms with E-state index in [4.69, 9.17) is 0 Å². The van der Waals surface area contributed by atoms with Crippen LogP contribution in [0.3, 0.4) is 0 Å². The van der Waals surface area contributed by atoms with Crippen molar-refractivity contribution in [3.63, 3.8) is 0 Å². The number of hydrogen-bond donors (Lipinski definition) is 0. The van der Waals surface area contributed by atoms with Gasteiger partial charge in [-0.1, -0.05) is 0 Å². The van der Waals surface area contributed by atoms with Crippen molar-refractivity contribution < 1.29 is 76.9 Å². The fourth-order valence-corrected chi connectivity index (χ4v) is 0. The van der Waals surface area contributed by atoms with Gasteiger partial charge in [0.05, 0.1) is 0 Å². The molecule has 0 heterocycles. The van der Waals surface area contributed by atoms with Crippen molar-refractivity contribution in [2.45, 2.75) is 0 Å². The van der Waals surface area contributed by atoms with Gasteiger partial charge in [0, 0.05) is 0 Å². The van der Waals surface area contributed by atoms with E-state index in [1.807, 2.05) is 0 Å². The number of hydrogen-bond acceptors (Lipinski definition) is 0. The molecule has 0 rings (SSSR count). The van der Waals surface area contributed by atoms with Gasteiger partial charge in [-0.05, 0) is 0 Å². The molecule has 0 bridgehead atoms. The minimum atomic E-state index is 0. The second kappa shape index (κ2) is 18.4. The van der Waals surface area contributed by atoms with Crippen molar-refractivity contribution in [3.8, 4) is 0 Å². The molecule has 0 aromatic rings. The Morgan fingerprint density at radius 1 is 0.750 bits per heavy atom. The summed E-state index contributed by atoms with van der Waals surface area (Å²) in [4.78, 5) is 0.